The van der Waals surface area contributed by atoms with Crippen molar-refractivity contribution in [2.75, 3.05) is 27.9 Å². The molecule has 1 aromatic heterocycles. The number of rotatable bonds is 11. The second-order valence-corrected chi connectivity index (χ2v) is 7.49. The second-order valence-electron chi connectivity index (χ2n) is 5.77. The first kappa shape index (κ1) is 21.9. The molecule has 0 unspecified atom stereocenters. The summed E-state index contributed by atoms with van der Waals surface area (Å²) in [5, 5.41) is 2.64. The summed E-state index contributed by atoms with van der Waals surface area (Å²) in [6, 6.07) is 8.25. The van der Waals surface area contributed by atoms with Crippen molar-refractivity contribution < 1.29 is 31.8 Å². The van der Waals surface area contributed by atoms with Gasteiger partial charge in [0.25, 0.3) is 0 Å². The zero-order chi connectivity index (χ0) is 20.6. The van der Waals surface area contributed by atoms with E-state index in [9.17, 15) is 13.2 Å². The molecule has 0 saturated heterocycles. The van der Waals surface area contributed by atoms with Gasteiger partial charge in [-0.3, -0.25) is 4.79 Å². The van der Waals surface area contributed by atoms with Gasteiger partial charge in [-0.1, -0.05) is 0 Å². The Bertz CT molecular complexity index is 831. The summed E-state index contributed by atoms with van der Waals surface area (Å²) in [7, 11) is 0.506. The lowest BCUT2D eigenvalue weighted by atomic mass is 10.1. The van der Waals surface area contributed by atoms with Crippen LogP contribution in [-0.2, 0) is 24.3 Å². The summed E-state index contributed by atoms with van der Waals surface area (Å²) < 4.78 is 48.3. The van der Waals surface area contributed by atoms with E-state index in [-0.39, 0.29) is 17.9 Å². The predicted molar refractivity (Wildman–Crippen MR) is 100 cm³/mol. The third-order valence-electron chi connectivity index (χ3n) is 3.93. The van der Waals surface area contributed by atoms with E-state index < -0.39 is 28.3 Å². The Hall–Kier alpha value is -2.40. The van der Waals surface area contributed by atoms with Crippen LogP contribution in [0.25, 0.3) is 0 Å². The number of hydrogen-bond acceptors (Lipinski definition) is 7. The number of carbonyl (C=O) groups is 1. The van der Waals surface area contributed by atoms with Gasteiger partial charge in [-0.15, -0.1) is 0 Å². The van der Waals surface area contributed by atoms with Crippen LogP contribution < -0.4 is 14.8 Å². The molecule has 2 rings (SSSR count). The first-order valence-corrected chi connectivity index (χ1v) is 9.90. The largest absolute Gasteiger partial charge is 0.497 e. The summed E-state index contributed by atoms with van der Waals surface area (Å²) in [6.07, 6.45) is 0.652. The van der Waals surface area contributed by atoms with Crippen molar-refractivity contribution >= 4 is 15.9 Å². The molecule has 0 fully saturated rings. The third kappa shape index (κ3) is 6.06. The van der Waals surface area contributed by atoms with Crippen LogP contribution in [0.4, 0.5) is 0 Å². The number of amides is 1. The summed E-state index contributed by atoms with van der Waals surface area (Å²) in [6.45, 7) is 0.127. The van der Waals surface area contributed by atoms with Gasteiger partial charge in [0.15, 0.2) is 6.29 Å². The summed E-state index contributed by atoms with van der Waals surface area (Å²) >= 11 is 0. The molecule has 0 bridgehead atoms. The Balaban J connectivity index is 2.11. The van der Waals surface area contributed by atoms with Crippen LogP contribution >= 0.6 is 0 Å². The Kier molecular flexibility index (Phi) is 8.00. The van der Waals surface area contributed by atoms with E-state index in [2.05, 4.69) is 10.0 Å². The van der Waals surface area contributed by atoms with Crippen LogP contribution in [0.5, 0.6) is 5.75 Å². The van der Waals surface area contributed by atoms with Gasteiger partial charge in [0.2, 0.25) is 15.9 Å². The third-order valence-corrected chi connectivity index (χ3v) is 5.42. The number of benzene rings is 1. The summed E-state index contributed by atoms with van der Waals surface area (Å²) in [4.78, 5) is 12.3. The number of nitrogens with one attached hydrogen (secondary N) is 2. The molecular weight excluding hydrogens is 388 g/mol. The molecule has 1 heterocycles. The molecule has 154 valence electrons. The van der Waals surface area contributed by atoms with Crippen molar-refractivity contribution in [2.45, 2.75) is 23.6 Å². The van der Waals surface area contributed by atoms with Gasteiger partial charge in [-0.2, -0.15) is 4.72 Å². The normalized spacial score (nSPS) is 12.7. The molecule has 28 heavy (non-hydrogen) atoms. The Morgan fingerprint density at radius 3 is 2.32 bits per heavy atom. The standard InChI is InChI=1S/C18H24N2O7S/c1-24-13-6-8-14(9-7-13)28(22,23)20-15(16-5-4-10-27-16)11-17(21)19-12-18(25-2)26-3/h4-10,15,18,20H,11-12H2,1-3H3,(H,19,21)/t15-/m0/s1. The maximum absolute atomic E-state index is 12.7. The minimum Gasteiger partial charge on any atom is -0.497 e. The average Bonchev–Trinajstić information content (AvgIpc) is 3.23. The fourth-order valence-corrected chi connectivity index (χ4v) is 3.62. The molecule has 0 saturated carbocycles. The zero-order valence-electron chi connectivity index (χ0n) is 15.9. The molecule has 2 aromatic rings. The second kappa shape index (κ2) is 10.2. The maximum Gasteiger partial charge on any atom is 0.241 e. The van der Waals surface area contributed by atoms with Crippen molar-refractivity contribution in [2.24, 2.45) is 0 Å². The van der Waals surface area contributed by atoms with Crippen LogP contribution in [0.3, 0.4) is 0 Å². The quantitative estimate of drug-likeness (QED) is 0.536. The lowest BCUT2D eigenvalue weighted by molar-refractivity contribution is -0.127. The molecule has 2 N–H and O–H groups in total. The van der Waals surface area contributed by atoms with E-state index in [1.165, 1.54) is 39.7 Å². The monoisotopic (exact) mass is 412 g/mol. The van der Waals surface area contributed by atoms with Crippen LogP contribution in [0.1, 0.15) is 18.2 Å². The molecule has 0 aliphatic heterocycles. The number of hydrogen-bond donors (Lipinski definition) is 2. The van der Waals surface area contributed by atoms with Crippen LogP contribution in [0.15, 0.2) is 52.0 Å². The molecule has 1 atom stereocenters. The van der Waals surface area contributed by atoms with E-state index in [0.29, 0.717) is 11.5 Å². The molecule has 9 nitrogen and oxygen atoms in total. The van der Waals surface area contributed by atoms with Crippen molar-refractivity contribution in [3.63, 3.8) is 0 Å². The van der Waals surface area contributed by atoms with Gasteiger partial charge < -0.3 is 23.9 Å². The van der Waals surface area contributed by atoms with Gasteiger partial charge in [0.1, 0.15) is 11.5 Å². The van der Waals surface area contributed by atoms with Crippen LogP contribution in [-0.4, -0.2) is 48.5 Å². The SMILES string of the molecule is COc1ccc(S(=O)(=O)N[C@@H](CC(=O)NCC(OC)OC)c2ccco2)cc1. The van der Waals surface area contributed by atoms with Crippen molar-refractivity contribution in [1.29, 1.82) is 0 Å². The van der Waals surface area contributed by atoms with Crippen molar-refractivity contribution in [3.8, 4) is 5.75 Å². The van der Waals surface area contributed by atoms with Crippen molar-refractivity contribution in [3.05, 3.63) is 48.4 Å². The van der Waals surface area contributed by atoms with E-state index in [4.69, 9.17) is 18.6 Å². The number of ether oxygens (including phenoxy) is 3. The minimum absolute atomic E-state index is 0.0455. The van der Waals surface area contributed by atoms with Crippen LogP contribution in [0, 0.1) is 0 Å². The fourth-order valence-electron chi connectivity index (χ4n) is 2.42. The van der Waals surface area contributed by atoms with E-state index in [0.717, 1.165) is 0 Å². The van der Waals surface area contributed by atoms with E-state index in [1.54, 1.807) is 24.3 Å². The highest BCUT2D eigenvalue weighted by Crippen LogP contribution is 2.22. The van der Waals surface area contributed by atoms with Gasteiger partial charge in [0.05, 0.1) is 37.3 Å². The van der Waals surface area contributed by atoms with Crippen LogP contribution in [0.2, 0.25) is 0 Å². The topological polar surface area (TPSA) is 116 Å². The Labute approximate surface area is 164 Å². The smallest absolute Gasteiger partial charge is 0.241 e. The number of carbonyl (C=O) groups excluding carboxylic acids is 1. The predicted octanol–water partition coefficient (Wildman–Crippen LogP) is 1.43. The molecular formula is C18H24N2O7S. The highest BCUT2D eigenvalue weighted by Gasteiger charge is 2.26. The molecule has 1 amide bonds. The Morgan fingerprint density at radius 1 is 1.11 bits per heavy atom. The van der Waals surface area contributed by atoms with Crippen molar-refractivity contribution in [1.82, 2.24) is 10.0 Å². The molecule has 10 heteroatoms. The molecule has 1 aromatic carbocycles. The zero-order valence-corrected chi connectivity index (χ0v) is 16.7. The number of furan rings is 1. The average molecular weight is 412 g/mol. The van der Waals surface area contributed by atoms with Gasteiger partial charge >= 0.3 is 0 Å². The highest BCUT2D eigenvalue weighted by atomic mass is 32.2. The molecule has 0 aliphatic carbocycles. The van der Waals surface area contributed by atoms with E-state index in [1.807, 2.05) is 0 Å². The van der Waals surface area contributed by atoms with Gasteiger partial charge in [-0.25, -0.2) is 8.42 Å². The molecule has 0 spiro atoms. The van der Waals surface area contributed by atoms with Gasteiger partial charge in [0, 0.05) is 14.2 Å². The number of sulfonamides is 1. The number of methoxy groups -OCH3 is 3. The Morgan fingerprint density at radius 2 is 1.79 bits per heavy atom. The molecule has 0 radical (unpaired) electrons. The first-order chi connectivity index (χ1) is 13.4. The lowest BCUT2D eigenvalue weighted by Crippen LogP contribution is -2.37. The fraction of sp³-hybridized carbons (Fsp3) is 0.389. The summed E-state index contributed by atoms with van der Waals surface area (Å²) in [5.74, 6) is 0.465. The lowest BCUT2D eigenvalue weighted by Gasteiger charge is -2.18. The molecule has 0 aliphatic rings. The first-order valence-electron chi connectivity index (χ1n) is 8.41. The minimum atomic E-state index is -3.89. The highest BCUT2D eigenvalue weighted by molar-refractivity contribution is 7.89. The van der Waals surface area contributed by atoms with E-state index >= 15 is 0 Å². The maximum atomic E-state index is 12.7. The van der Waals surface area contributed by atoms with Gasteiger partial charge in [-0.05, 0) is 36.4 Å². The summed E-state index contributed by atoms with van der Waals surface area (Å²) in [5.41, 5.74) is 0.